The molecule has 2 rings (SSSR count). The van der Waals surface area contributed by atoms with E-state index in [1.807, 2.05) is 30.5 Å². The number of hydrogen-bond donors (Lipinski definition) is 1. The van der Waals surface area contributed by atoms with Crippen LogP contribution in [0.2, 0.25) is 0 Å². The molecule has 100 valence electrons. The molecule has 0 saturated heterocycles. The fourth-order valence-corrected chi connectivity index (χ4v) is 1.78. The molecule has 1 aromatic carbocycles. The largest absolute Gasteiger partial charge is 0.494 e. The van der Waals surface area contributed by atoms with Gasteiger partial charge in [-0.25, -0.2) is 4.98 Å². The number of imidazole rings is 1. The lowest BCUT2D eigenvalue weighted by Crippen LogP contribution is -2.00. The average molecular weight is 259 g/mol. The molecular formula is C14H17N3O2. The maximum Gasteiger partial charge on any atom is 0.119 e. The fraction of sp³-hybridized carbons (Fsp3) is 0.357. The maximum absolute atomic E-state index is 10.4. The standard InChI is InChI=1S/C14H17N3O2/c1-11(17-18)12-4-6-14(7-5-12)19-8-2-3-13-9-15-10-16-13/h4-7,9-11H,2-3,8H2,1H3,(H,15,16). The minimum atomic E-state index is -0.311. The molecule has 1 heterocycles. The van der Waals surface area contributed by atoms with Crippen LogP contribution in [-0.4, -0.2) is 16.6 Å². The molecule has 5 nitrogen and oxygen atoms in total. The van der Waals surface area contributed by atoms with Gasteiger partial charge in [0.1, 0.15) is 11.8 Å². The topological polar surface area (TPSA) is 67.3 Å². The third kappa shape index (κ3) is 3.91. The summed E-state index contributed by atoms with van der Waals surface area (Å²) < 4.78 is 5.63. The Bertz CT molecular complexity index is 494. The highest BCUT2D eigenvalue weighted by atomic mass is 16.5. The first-order valence-electron chi connectivity index (χ1n) is 6.32. The highest BCUT2D eigenvalue weighted by Gasteiger charge is 2.04. The Hall–Kier alpha value is -2.17. The molecule has 0 fully saturated rings. The lowest BCUT2D eigenvalue weighted by atomic mass is 10.1. The Kier molecular flexibility index (Phi) is 4.66. The number of nitroso groups, excluding NO2 is 1. The molecule has 1 N–H and O–H groups in total. The lowest BCUT2D eigenvalue weighted by molar-refractivity contribution is 0.310. The van der Waals surface area contributed by atoms with Crippen LogP contribution in [0.1, 0.15) is 30.6 Å². The van der Waals surface area contributed by atoms with Crippen LogP contribution in [0.3, 0.4) is 0 Å². The van der Waals surface area contributed by atoms with E-state index in [1.54, 1.807) is 13.3 Å². The van der Waals surface area contributed by atoms with E-state index in [1.165, 1.54) is 0 Å². The molecule has 2 aromatic rings. The molecule has 0 bridgehead atoms. The van der Waals surface area contributed by atoms with E-state index in [-0.39, 0.29) is 6.04 Å². The summed E-state index contributed by atoms with van der Waals surface area (Å²) in [5.41, 5.74) is 2.02. The van der Waals surface area contributed by atoms with Crippen molar-refractivity contribution in [2.45, 2.75) is 25.8 Å². The number of benzene rings is 1. The minimum Gasteiger partial charge on any atom is -0.494 e. The number of aromatic amines is 1. The monoisotopic (exact) mass is 259 g/mol. The molecule has 0 aliphatic rings. The lowest BCUT2D eigenvalue weighted by Gasteiger charge is -2.07. The molecule has 19 heavy (non-hydrogen) atoms. The van der Waals surface area contributed by atoms with Crippen LogP contribution >= 0.6 is 0 Å². The van der Waals surface area contributed by atoms with Crippen molar-refractivity contribution in [3.8, 4) is 5.75 Å². The predicted octanol–water partition coefficient (Wildman–Crippen LogP) is 3.25. The molecule has 1 unspecified atom stereocenters. The van der Waals surface area contributed by atoms with Crippen molar-refractivity contribution in [1.82, 2.24) is 9.97 Å². The Morgan fingerprint density at radius 3 is 2.79 bits per heavy atom. The molecule has 1 atom stereocenters. The van der Waals surface area contributed by atoms with Crippen molar-refractivity contribution < 1.29 is 4.74 Å². The second-order valence-electron chi connectivity index (χ2n) is 4.38. The number of rotatable bonds is 7. The van der Waals surface area contributed by atoms with E-state index >= 15 is 0 Å². The molecule has 0 amide bonds. The number of aryl methyl sites for hydroxylation is 1. The molecule has 1 aromatic heterocycles. The first-order chi connectivity index (χ1) is 9.29. The minimum absolute atomic E-state index is 0.311. The van der Waals surface area contributed by atoms with Crippen molar-refractivity contribution in [3.63, 3.8) is 0 Å². The quantitative estimate of drug-likeness (QED) is 0.613. The van der Waals surface area contributed by atoms with Crippen molar-refractivity contribution in [2.75, 3.05) is 6.61 Å². The van der Waals surface area contributed by atoms with Crippen LogP contribution in [0.5, 0.6) is 5.75 Å². The van der Waals surface area contributed by atoms with Crippen LogP contribution < -0.4 is 4.74 Å². The number of ether oxygens (including phenoxy) is 1. The van der Waals surface area contributed by atoms with Gasteiger partial charge in [-0.3, -0.25) is 0 Å². The second kappa shape index (κ2) is 6.68. The van der Waals surface area contributed by atoms with Crippen LogP contribution in [0, 0.1) is 4.91 Å². The van der Waals surface area contributed by atoms with Gasteiger partial charge in [0.25, 0.3) is 0 Å². The van der Waals surface area contributed by atoms with E-state index < -0.39 is 0 Å². The number of nitrogens with zero attached hydrogens (tertiary/aromatic N) is 2. The Labute approximate surface area is 112 Å². The van der Waals surface area contributed by atoms with Crippen LogP contribution in [0.15, 0.2) is 42.0 Å². The summed E-state index contributed by atoms with van der Waals surface area (Å²) in [6.07, 6.45) is 5.35. The molecule has 5 heteroatoms. The van der Waals surface area contributed by atoms with Crippen molar-refractivity contribution >= 4 is 0 Å². The van der Waals surface area contributed by atoms with Gasteiger partial charge < -0.3 is 9.72 Å². The molecule has 0 aliphatic carbocycles. The highest BCUT2D eigenvalue weighted by Crippen LogP contribution is 2.20. The Balaban J connectivity index is 1.75. The first-order valence-corrected chi connectivity index (χ1v) is 6.32. The number of hydrogen-bond acceptors (Lipinski definition) is 4. The summed E-state index contributed by atoms with van der Waals surface area (Å²) in [5, 5.41) is 2.99. The van der Waals surface area contributed by atoms with Gasteiger partial charge in [0, 0.05) is 11.9 Å². The Morgan fingerprint density at radius 2 is 2.16 bits per heavy atom. The van der Waals surface area contributed by atoms with Gasteiger partial charge in [-0.15, -0.1) is 0 Å². The van der Waals surface area contributed by atoms with Crippen LogP contribution in [0.25, 0.3) is 0 Å². The van der Waals surface area contributed by atoms with Gasteiger partial charge in [-0.1, -0.05) is 17.3 Å². The zero-order valence-electron chi connectivity index (χ0n) is 10.9. The van der Waals surface area contributed by atoms with E-state index in [9.17, 15) is 4.91 Å². The number of H-pyrrole nitrogens is 1. The molecule has 0 saturated carbocycles. The summed E-state index contributed by atoms with van der Waals surface area (Å²) in [6, 6.07) is 7.17. The summed E-state index contributed by atoms with van der Waals surface area (Å²) in [6.45, 7) is 2.42. The van der Waals surface area contributed by atoms with Gasteiger partial charge in [0.15, 0.2) is 0 Å². The third-order valence-corrected chi connectivity index (χ3v) is 2.93. The SMILES string of the molecule is CC(N=O)c1ccc(OCCCc2cnc[nH]2)cc1. The van der Waals surface area contributed by atoms with Gasteiger partial charge in [-0.05, 0) is 37.5 Å². The van der Waals surface area contributed by atoms with Crippen LogP contribution in [-0.2, 0) is 6.42 Å². The normalized spacial score (nSPS) is 12.1. The van der Waals surface area contributed by atoms with E-state index in [0.29, 0.717) is 6.61 Å². The summed E-state index contributed by atoms with van der Waals surface area (Å²) in [7, 11) is 0. The molecule has 0 spiro atoms. The van der Waals surface area contributed by atoms with E-state index in [4.69, 9.17) is 4.74 Å². The smallest absolute Gasteiger partial charge is 0.119 e. The average Bonchev–Trinajstić information content (AvgIpc) is 2.96. The predicted molar refractivity (Wildman–Crippen MR) is 73.1 cm³/mol. The number of nitrogens with one attached hydrogen (secondary N) is 1. The highest BCUT2D eigenvalue weighted by molar-refractivity contribution is 5.28. The summed E-state index contributed by atoms with van der Waals surface area (Å²) in [4.78, 5) is 17.4. The van der Waals surface area contributed by atoms with Crippen LogP contribution in [0.4, 0.5) is 0 Å². The van der Waals surface area contributed by atoms with Crippen molar-refractivity contribution in [2.24, 2.45) is 5.18 Å². The summed E-state index contributed by atoms with van der Waals surface area (Å²) >= 11 is 0. The number of aromatic nitrogens is 2. The molecule has 0 aliphatic heterocycles. The van der Waals surface area contributed by atoms with E-state index in [0.717, 1.165) is 29.8 Å². The van der Waals surface area contributed by atoms with Gasteiger partial charge in [0.2, 0.25) is 0 Å². The maximum atomic E-state index is 10.4. The molecular weight excluding hydrogens is 242 g/mol. The first kappa shape index (κ1) is 13.3. The van der Waals surface area contributed by atoms with Crippen molar-refractivity contribution in [3.05, 3.63) is 53.0 Å². The zero-order chi connectivity index (χ0) is 13.5. The Morgan fingerprint density at radius 1 is 1.37 bits per heavy atom. The molecule has 0 radical (unpaired) electrons. The third-order valence-electron chi connectivity index (χ3n) is 2.93. The van der Waals surface area contributed by atoms with Crippen molar-refractivity contribution in [1.29, 1.82) is 0 Å². The zero-order valence-corrected chi connectivity index (χ0v) is 10.9. The fourth-order valence-electron chi connectivity index (χ4n) is 1.78. The van der Waals surface area contributed by atoms with Gasteiger partial charge in [0.05, 0.1) is 12.9 Å². The van der Waals surface area contributed by atoms with Gasteiger partial charge in [-0.2, -0.15) is 4.91 Å². The second-order valence-corrected chi connectivity index (χ2v) is 4.38. The van der Waals surface area contributed by atoms with E-state index in [2.05, 4.69) is 15.1 Å². The summed E-state index contributed by atoms with van der Waals surface area (Å²) in [5.74, 6) is 0.812. The van der Waals surface area contributed by atoms with Gasteiger partial charge >= 0.3 is 0 Å².